The molecule has 0 bridgehead atoms. The molecule has 1 amide bonds. The number of hydrogen-bond donors (Lipinski definition) is 2. The normalized spacial score (nSPS) is 21.3. The molecule has 8 nitrogen and oxygen atoms in total. The number of aromatic amines is 1. The average Bonchev–Trinajstić information content (AvgIpc) is 3.24. The van der Waals surface area contributed by atoms with Crippen molar-refractivity contribution in [2.45, 2.75) is 58.1 Å². The minimum Gasteiger partial charge on any atom is -0.382 e. The zero-order valence-corrected chi connectivity index (χ0v) is 15.2. The lowest BCUT2D eigenvalue weighted by Gasteiger charge is -2.37. The van der Waals surface area contributed by atoms with Crippen LogP contribution in [0.25, 0.3) is 0 Å². The highest BCUT2D eigenvalue weighted by Gasteiger charge is 2.39. The van der Waals surface area contributed by atoms with Crippen LogP contribution >= 0.6 is 0 Å². The summed E-state index contributed by atoms with van der Waals surface area (Å²) in [6.45, 7) is 8.89. The molecule has 0 aliphatic carbocycles. The highest BCUT2D eigenvalue weighted by molar-refractivity contribution is 5.92. The topological polar surface area (TPSA) is 99.9 Å². The first kappa shape index (κ1) is 17.6. The Morgan fingerprint density at radius 1 is 1.36 bits per heavy atom. The minimum absolute atomic E-state index is 0.169. The maximum Gasteiger partial charge on any atom is 0.274 e. The summed E-state index contributed by atoms with van der Waals surface area (Å²) in [5.74, 6) is 0.107. The molecule has 25 heavy (non-hydrogen) atoms. The number of β-amino-alcohol motifs (C(OH)–C–C–N with tert-alkyl or cyclic N) is 1. The molecule has 1 aliphatic rings. The van der Waals surface area contributed by atoms with Crippen molar-refractivity contribution >= 4 is 5.91 Å². The summed E-state index contributed by atoms with van der Waals surface area (Å²) in [7, 11) is 0. The quantitative estimate of drug-likeness (QED) is 0.880. The smallest absolute Gasteiger partial charge is 0.274 e. The van der Waals surface area contributed by atoms with E-state index in [1.807, 2.05) is 27.7 Å². The number of aliphatic hydroxyl groups is 1. The van der Waals surface area contributed by atoms with Gasteiger partial charge in [0.2, 0.25) is 0 Å². The number of carbonyl (C=O) groups excluding carboxylic acids is 1. The van der Waals surface area contributed by atoms with E-state index in [2.05, 4.69) is 20.5 Å². The van der Waals surface area contributed by atoms with Gasteiger partial charge in [-0.05, 0) is 38.7 Å². The van der Waals surface area contributed by atoms with E-state index in [0.717, 1.165) is 5.69 Å². The fraction of sp³-hybridized carbons (Fsp3) is 0.647. The molecule has 1 aliphatic heterocycles. The van der Waals surface area contributed by atoms with E-state index in [4.69, 9.17) is 0 Å². The first-order chi connectivity index (χ1) is 11.8. The van der Waals surface area contributed by atoms with Crippen LogP contribution in [0.1, 0.15) is 74.4 Å². The van der Waals surface area contributed by atoms with Crippen molar-refractivity contribution in [1.29, 1.82) is 0 Å². The van der Waals surface area contributed by atoms with Gasteiger partial charge in [-0.1, -0.05) is 19.1 Å². The zero-order valence-electron chi connectivity index (χ0n) is 15.2. The summed E-state index contributed by atoms with van der Waals surface area (Å²) < 4.78 is 1.72. The van der Waals surface area contributed by atoms with E-state index in [1.165, 1.54) is 0 Å². The van der Waals surface area contributed by atoms with E-state index >= 15 is 0 Å². The lowest BCUT2D eigenvalue weighted by atomic mass is 9.90. The van der Waals surface area contributed by atoms with Crippen molar-refractivity contribution in [2.24, 2.45) is 0 Å². The summed E-state index contributed by atoms with van der Waals surface area (Å²) >= 11 is 0. The average molecular weight is 346 g/mol. The summed E-state index contributed by atoms with van der Waals surface area (Å²) in [5.41, 5.74) is 0.663. The van der Waals surface area contributed by atoms with Crippen molar-refractivity contribution in [3.63, 3.8) is 0 Å². The Labute approximate surface area is 147 Å². The predicted octanol–water partition coefficient (Wildman–Crippen LogP) is 1.83. The molecule has 2 aromatic rings. The van der Waals surface area contributed by atoms with Gasteiger partial charge in [0.1, 0.15) is 17.0 Å². The van der Waals surface area contributed by atoms with E-state index < -0.39 is 5.60 Å². The van der Waals surface area contributed by atoms with Gasteiger partial charge in [-0.2, -0.15) is 5.10 Å². The number of piperidine rings is 1. The number of hydrogen-bond acceptors (Lipinski definition) is 5. The molecular weight excluding hydrogens is 320 g/mol. The van der Waals surface area contributed by atoms with Crippen LogP contribution in [0.5, 0.6) is 0 Å². The molecule has 136 valence electrons. The van der Waals surface area contributed by atoms with Gasteiger partial charge >= 0.3 is 0 Å². The number of aromatic nitrogens is 5. The Kier molecular flexibility index (Phi) is 4.64. The van der Waals surface area contributed by atoms with Crippen LogP contribution in [0.3, 0.4) is 0 Å². The molecule has 1 atom stereocenters. The first-order valence-corrected chi connectivity index (χ1v) is 8.79. The Balaban J connectivity index is 1.78. The van der Waals surface area contributed by atoms with Gasteiger partial charge in [0.05, 0.1) is 12.7 Å². The molecule has 0 spiro atoms. The molecule has 1 fully saturated rings. The van der Waals surface area contributed by atoms with Gasteiger partial charge in [0, 0.05) is 18.3 Å². The van der Waals surface area contributed by atoms with Crippen LogP contribution in [-0.4, -0.2) is 54.2 Å². The number of amides is 1. The number of H-pyrrole nitrogens is 1. The van der Waals surface area contributed by atoms with Crippen molar-refractivity contribution in [3.05, 3.63) is 29.3 Å². The summed E-state index contributed by atoms with van der Waals surface area (Å²) in [6, 6.07) is 1.96. The van der Waals surface area contributed by atoms with Gasteiger partial charge in [-0.15, -0.1) is 5.10 Å². The number of carbonyl (C=O) groups is 1. The van der Waals surface area contributed by atoms with Crippen LogP contribution in [-0.2, 0) is 5.60 Å². The molecule has 3 rings (SSSR count). The Bertz CT molecular complexity index is 750. The van der Waals surface area contributed by atoms with Gasteiger partial charge in [0.15, 0.2) is 0 Å². The zero-order chi connectivity index (χ0) is 18.2. The number of nitrogens with one attached hydrogen (secondary N) is 1. The van der Waals surface area contributed by atoms with E-state index in [-0.39, 0.29) is 24.4 Å². The Hall–Kier alpha value is -2.22. The fourth-order valence-electron chi connectivity index (χ4n) is 3.06. The second-order valence-electron chi connectivity index (χ2n) is 7.40. The van der Waals surface area contributed by atoms with E-state index in [0.29, 0.717) is 30.8 Å². The predicted molar refractivity (Wildman–Crippen MR) is 92.1 cm³/mol. The second kappa shape index (κ2) is 6.59. The summed E-state index contributed by atoms with van der Waals surface area (Å²) in [4.78, 5) is 14.4. The molecule has 2 aromatic heterocycles. The lowest BCUT2D eigenvalue weighted by molar-refractivity contribution is -0.0322. The maximum atomic E-state index is 12.8. The van der Waals surface area contributed by atoms with Crippen LogP contribution in [0.2, 0.25) is 0 Å². The third-order valence-corrected chi connectivity index (χ3v) is 4.71. The third kappa shape index (κ3) is 3.44. The Morgan fingerprint density at radius 2 is 2.12 bits per heavy atom. The second-order valence-corrected chi connectivity index (χ2v) is 7.40. The van der Waals surface area contributed by atoms with Gasteiger partial charge in [-0.3, -0.25) is 9.89 Å². The largest absolute Gasteiger partial charge is 0.382 e. The summed E-state index contributed by atoms with van der Waals surface area (Å²) in [5, 5.41) is 26.3. The summed E-state index contributed by atoms with van der Waals surface area (Å²) in [6.07, 6.45) is 3.04. The molecule has 1 saturated heterocycles. The molecule has 1 unspecified atom stereocenters. The van der Waals surface area contributed by atoms with E-state index in [1.54, 1.807) is 21.8 Å². The van der Waals surface area contributed by atoms with Crippen molar-refractivity contribution in [2.75, 3.05) is 13.1 Å². The maximum absolute atomic E-state index is 12.8. The highest BCUT2D eigenvalue weighted by atomic mass is 16.3. The standard InChI is InChI=1S/C17H26N6O2/c1-11(2)13-8-14(19-18-13)16(24)22-7-5-6-17(25,10-22)15-9-23(12(3)4)21-20-15/h8-9,11-12,25H,5-7,10H2,1-4H3,(H,18,19). The molecule has 8 heteroatoms. The fourth-order valence-corrected chi connectivity index (χ4v) is 3.06. The van der Waals surface area contributed by atoms with Crippen molar-refractivity contribution < 1.29 is 9.90 Å². The van der Waals surface area contributed by atoms with Gasteiger partial charge < -0.3 is 10.0 Å². The molecule has 0 aromatic carbocycles. The first-order valence-electron chi connectivity index (χ1n) is 8.79. The van der Waals surface area contributed by atoms with Crippen molar-refractivity contribution in [1.82, 2.24) is 30.1 Å². The van der Waals surface area contributed by atoms with Crippen LogP contribution in [0.15, 0.2) is 12.3 Å². The third-order valence-electron chi connectivity index (χ3n) is 4.71. The SMILES string of the molecule is CC(C)c1cc(C(=O)N2CCCC(O)(c3cn(C(C)C)nn3)C2)n[nH]1. The molecular formula is C17H26N6O2. The number of likely N-dealkylation sites (tertiary alicyclic amines) is 1. The molecule has 0 radical (unpaired) electrons. The number of rotatable bonds is 4. The lowest BCUT2D eigenvalue weighted by Crippen LogP contribution is -2.48. The molecule has 0 saturated carbocycles. The van der Waals surface area contributed by atoms with Gasteiger partial charge in [0.25, 0.3) is 5.91 Å². The van der Waals surface area contributed by atoms with Crippen LogP contribution in [0, 0.1) is 0 Å². The number of nitrogens with zero attached hydrogens (tertiary/aromatic N) is 5. The van der Waals surface area contributed by atoms with Crippen LogP contribution in [0.4, 0.5) is 0 Å². The van der Waals surface area contributed by atoms with E-state index in [9.17, 15) is 9.90 Å². The van der Waals surface area contributed by atoms with Crippen molar-refractivity contribution in [3.8, 4) is 0 Å². The van der Waals surface area contributed by atoms with Gasteiger partial charge in [-0.25, -0.2) is 4.68 Å². The Morgan fingerprint density at radius 3 is 2.72 bits per heavy atom. The molecule has 3 heterocycles. The monoisotopic (exact) mass is 346 g/mol. The van der Waals surface area contributed by atoms with Crippen LogP contribution < -0.4 is 0 Å². The molecule has 2 N–H and O–H groups in total. The highest BCUT2D eigenvalue weighted by Crippen LogP contribution is 2.31. The minimum atomic E-state index is -1.17.